The summed E-state index contributed by atoms with van der Waals surface area (Å²) in [6, 6.07) is 0. The summed E-state index contributed by atoms with van der Waals surface area (Å²) in [5, 5.41) is 0. The first-order valence-corrected chi connectivity index (χ1v) is 7.81. The largest absolute Gasteiger partial charge is 0.378 e. The lowest BCUT2D eigenvalue weighted by molar-refractivity contribution is -0.0677. The molecule has 2 heterocycles. The Hall–Kier alpha value is -0.160. The van der Waals surface area contributed by atoms with E-state index in [0.717, 1.165) is 38.3 Å². The average Bonchev–Trinajstić information content (AvgIpc) is 2.84. The molecule has 0 aliphatic carbocycles. The summed E-state index contributed by atoms with van der Waals surface area (Å²) in [4.78, 5) is 4.98. The summed E-state index contributed by atoms with van der Waals surface area (Å²) in [6.45, 7) is 7.49. The molecule has 4 nitrogen and oxygen atoms in total. The Bertz CT molecular complexity index is 287. The third kappa shape index (κ3) is 3.48. The van der Waals surface area contributed by atoms with Crippen molar-refractivity contribution in [1.29, 1.82) is 0 Å². The highest BCUT2D eigenvalue weighted by molar-refractivity contribution is 4.96. The molecule has 19 heavy (non-hydrogen) atoms. The van der Waals surface area contributed by atoms with Crippen molar-refractivity contribution >= 4 is 0 Å². The smallest absolute Gasteiger partial charge is 0.0590 e. The summed E-state index contributed by atoms with van der Waals surface area (Å²) >= 11 is 0. The first-order valence-electron chi connectivity index (χ1n) is 7.81. The molecule has 0 radical (unpaired) electrons. The summed E-state index contributed by atoms with van der Waals surface area (Å²) in [5.41, 5.74) is 6.32. The zero-order valence-corrected chi connectivity index (χ0v) is 12.9. The Balaban J connectivity index is 1.95. The third-order valence-corrected chi connectivity index (χ3v) is 5.19. The molecule has 0 spiro atoms. The van der Waals surface area contributed by atoms with Crippen LogP contribution in [0.4, 0.5) is 0 Å². The standard InChI is InChI=1S/C15H31N3O/c1-4-14-9-15(12-16,6-8-19-14)18(3)11-13-5-7-17(2)10-13/h13-14H,4-12,16H2,1-3H3. The molecule has 3 unspecified atom stereocenters. The van der Waals surface area contributed by atoms with Crippen LogP contribution >= 0.6 is 0 Å². The molecule has 2 fully saturated rings. The lowest BCUT2D eigenvalue weighted by Gasteiger charge is -2.47. The van der Waals surface area contributed by atoms with E-state index in [1.54, 1.807) is 0 Å². The van der Waals surface area contributed by atoms with Gasteiger partial charge in [0, 0.05) is 31.8 Å². The first-order chi connectivity index (χ1) is 9.09. The van der Waals surface area contributed by atoms with Crippen LogP contribution in [0.5, 0.6) is 0 Å². The number of likely N-dealkylation sites (tertiary alicyclic amines) is 1. The molecule has 2 rings (SSSR count). The molecule has 0 bridgehead atoms. The minimum absolute atomic E-state index is 0.167. The lowest BCUT2D eigenvalue weighted by Crippen LogP contribution is -2.58. The second-order valence-corrected chi connectivity index (χ2v) is 6.58. The van der Waals surface area contributed by atoms with Gasteiger partial charge in [-0.15, -0.1) is 0 Å². The maximum Gasteiger partial charge on any atom is 0.0590 e. The summed E-state index contributed by atoms with van der Waals surface area (Å²) in [5.74, 6) is 0.807. The van der Waals surface area contributed by atoms with Gasteiger partial charge in [-0.3, -0.25) is 4.90 Å². The number of hydrogen-bond donors (Lipinski definition) is 1. The van der Waals surface area contributed by atoms with Gasteiger partial charge in [-0.1, -0.05) is 6.92 Å². The topological polar surface area (TPSA) is 41.7 Å². The predicted molar refractivity (Wildman–Crippen MR) is 79.3 cm³/mol. The normalized spacial score (nSPS) is 37.1. The van der Waals surface area contributed by atoms with Crippen LogP contribution in [0.1, 0.15) is 32.6 Å². The van der Waals surface area contributed by atoms with Gasteiger partial charge in [0.1, 0.15) is 0 Å². The van der Waals surface area contributed by atoms with Crippen molar-refractivity contribution in [3.05, 3.63) is 0 Å². The van der Waals surface area contributed by atoms with Crippen molar-refractivity contribution in [1.82, 2.24) is 9.80 Å². The van der Waals surface area contributed by atoms with Crippen molar-refractivity contribution in [2.45, 2.75) is 44.2 Å². The van der Waals surface area contributed by atoms with Crippen molar-refractivity contribution in [3.8, 4) is 0 Å². The SMILES string of the molecule is CCC1CC(CN)(N(C)CC2CCN(C)C2)CCO1. The van der Waals surface area contributed by atoms with Gasteiger partial charge in [0.05, 0.1) is 6.10 Å². The Kier molecular flexibility index (Phi) is 5.23. The van der Waals surface area contributed by atoms with Gasteiger partial charge in [0.15, 0.2) is 0 Å². The monoisotopic (exact) mass is 269 g/mol. The van der Waals surface area contributed by atoms with E-state index in [1.807, 2.05) is 0 Å². The molecule has 3 atom stereocenters. The molecular weight excluding hydrogens is 238 g/mol. The average molecular weight is 269 g/mol. The quantitative estimate of drug-likeness (QED) is 0.813. The molecule has 2 aliphatic heterocycles. The number of hydrogen-bond acceptors (Lipinski definition) is 4. The zero-order chi connectivity index (χ0) is 13.9. The maximum atomic E-state index is 6.15. The molecule has 112 valence electrons. The van der Waals surface area contributed by atoms with Crippen molar-refractivity contribution in [2.24, 2.45) is 11.7 Å². The Morgan fingerprint density at radius 3 is 2.84 bits per heavy atom. The van der Waals surface area contributed by atoms with Crippen LogP contribution in [0.2, 0.25) is 0 Å². The molecule has 0 aromatic rings. The number of likely N-dealkylation sites (N-methyl/N-ethyl adjacent to an activating group) is 1. The summed E-state index contributed by atoms with van der Waals surface area (Å²) in [7, 11) is 4.49. The number of nitrogens with two attached hydrogens (primary N) is 1. The van der Waals surface area contributed by atoms with E-state index >= 15 is 0 Å². The molecular formula is C15H31N3O. The van der Waals surface area contributed by atoms with E-state index in [-0.39, 0.29) is 5.54 Å². The highest BCUT2D eigenvalue weighted by Gasteiger charge is 2.39. The van der Waals surface area contributed by atoms with Crippen LogP contribution in [-0.2, 0) is 4.74 Å². The molecule has 2 saturated heterocycles. The fourth-order valence-corrected chi connectivity index (χ4v) is 3.71. The minimum Gasteiger partial charge on any atom is -0.378 e. The van der Waals surface area contributed by atoms with Crippen LogP contribution in [0.25, 0.3) is 0 Å². The second-order valence-electron chi connectivity index (χ2n) is 6.58. The molecule has 0 amide bonds. The number of ether oxygens (including phenoxy) is 1. The van der Waals surface area contributed by atoms with Gasteiger partial charge in [-0.2, -0.15) is 0 Å². The van der Waals surface area contributed by atoms with Gasteiger partial charge in [-0.25, -0.2) is 0 Å². The molecule has 2 N–H and O–H groups in total. The van der Waals surface area contributed by atoms with Gasteiger partial charge < -0.3 is 15.4 Å². The molecule has 4 heteroatoms. The number of nitrogens with zero attached hydrogens (tertiary/aromatic N) is 2. The van der Waals surface area contributed by atoms with Crippen LogP contribution in [-0.4, -0.2) is 68.3 Å². The van der Waals surface area contributed by atoms with Crippen LogP contribution in [0, 0.1) is 5.92 Å². The van der Waals surface area contributed by atoms with Crippen LogP contribution < -0.4 is 5.73 Å². The molecule has 0 aromatic heterocycles. The van der Waals surface area contributed by atoms with Gasteiger partial charge in [0.2, 0.25) is 0 Å². The number of rotatable bonds is 5. The van der Waals surface area contributed by atoms with Gasteiger partial charge in [0.25, 0.3) is 0 Å². The Labute approximate surface area is 118 Å². The molecule has 0 aromatic carbocycles. The summed E-state index contributed by atoms with van der Waals surface area (Å²) < 4.78 is 5.83. The predicted octanol–water partition coefficient (Wildman–Crippen LogP) is 1.16. The van der Waals surface area contributed by atoms with E-state index in [2.05, 4.69) is 30.8 Å². The van der Waals surface area contributed by atoms with Crippen molar-refractivity contribution in [3.63, 3.8) is 0 Å². The Morgan fingerprint density at radius 2 is 2.26 bits per heavy atom. The van der Waals surface area contributed by atoms with Gasteiger partial charge >= 0.3 is 0 Å². The zero-order valence-electron chi connectivity index (χ0n) is 12.9. The van der Waals surface area contributed by atoms with Gasteiger partial charge in [-0.05, 0) is 52.2 Å². The van der Waals surface area contributed by atoms with E-state index in [4.69, 9.17) is 10.5 Å². The highest BCUT2D eigenvalue weighted by Crippen LogP contribution is 2.32. The molecule has 0 saturated carbocycles. The molecule has 2 aliphatic rings. The highest BCUT2D eigenvalue weighted by atomic mass is 16.5. The fourth-order valence-electron chi connectivity index (χ4n) is 3.71. The van der Waals surface area contributed by atoms with Crippen molar-refractivity contribution in [2.75, 3.05) is 46.9 Å². The lowest BCUT2D eigenvalue weighted by atomic mass is 9.83. The Morgan fingerprint density at radius 1 is 1.47 bits per heavy atom. The van der Waals surface area contributed by atoms with E-state index < -0.39 is 0 Å². The van der Waals surface area contributed by atoms with Crippen LogP contribution in [0.3, 0.4) is 0 Å². The fraction of sp³-hybridized carbons (Fsp3) is 1.00. The maximum absolute atomic E-state index is 6.15. The first kappa shape index (κ1) is 15.2. The minimum atomic E-state index is 0.167. The summed E-state index contributed by atoms with van der Waals surface area (Å²) in [6.07, 6.45) is 5.00. The van der Waals surface area contributed by atoms with E-state index in [0.29, 0.717) is 6.10 Å². The third-order valence-electron chi connectivity index (χ3n) is 5.19. The van der Waals surface area contributed by atoms with E-state index in [9.17, 15) is 0 Å². The van der Waals surface area contributed by atoms with Crippen molar-refractivity contribution < 1.29 is 4.74 Å². The van der Waals surface area contributed by atoms with E-state index in [1.165, 1.54) is 26.1 Å². The van der Waals surface area contributed by atoms with Crippen LogP contribution in [0.15, 0.2) is 0 Å². The second kappa shape index (κ2) is 6.53.